The number of aryl methyl sites for hydroxylation is 1. The van der Waals surface area contributed by atoms with Gasteiger partial charge in [-0.1, -0.05) is 25.2 Å². The third kappa shape index (κ3) is 3.09. The summed E-state index contributed by atoms with van der Waals surface area (Å²) in [5, 5.41) is 10.4. The van der Waals surface area contributed by atoms with E-state index in [1.54, 1.807) is 30.7 Å². The van der Waals surface area contributed by atoms with Crippen molar-refractivity contribution in [3.63, 3.8) is 0 Å². The molecule has 1 N–H and O–H groups in total. The van der Waals surface area contributed by atoms with Crippen LogP contribution in [0.2, 0.25) is 0 Å². The molecule has 156 valence electrons. The third-order valence-electron chi connectivity index (χ3n) is 6.74. The Morgan fingerprint density at radius 3 is 2.62 bits per heavy atom. The number of hydrogen-bond acceptors (Lipinski definition) is 6. The van der Waals surface area contributed by atoms with Crippen LogP contribution in [-0.2, 0) is 30.3 Å². The fourth-order valence-electron chi connectivity index (χ4n) is 5.17. The fraction of sp³-hybridized carbons (Fsp3) is 0.500. The van der Waals surface area contributed by atoms with Crippen molar-refractivity contribution in [3.05, 3.63) is 48.0 Å². The van der Waals surface area contributed by atoms with Crippen molar-refractivity contribution < 1.29 is 33.4 Å². The van der Waals surface area contributed by atoms with Crippen LogP contribution in [0.3, 0.4) is 0 Å². The topological polar surface area (TPSA) is 103 Å². The highest BCUT2D eigenvalue weighted by molar-refractivity contribution is 6.00. The zero-order valence-electron chi connectivity index (χ0n) is 16.8. The zero-order chi connectivity index (χ0) is 21.2. The van der Waals surface area contributed by atoms with Gasteiger partial charge >= 0.3 is 17.9 Å². The van der Waals surface area contributed by atoms with Crippen LogP contribution < -0.4 is 0 Å². The maximum Gasteiger partial charge on any atom is 0.334 e. The average molecular weight is 402 g/mol. The van der Waals surface area contributed by atoms with Crippen LogP contribution in [-0.4, -0.2) is 37.2 Å². The number of esters is 2. The summed E-state index contributed by atoms with van der Waals surface area (Å²) in [5.41, 5.74) is -1.61. The van der Waals surface area contributed by atoms with E-state index in [4.69, 9.17) is 13.9 Å². The van der Waals surface area contributed by atoms with Crippen molar-refractivity contribution in [2.45, 2.75) is 32.6 Å². The van der Waals surface area contributed by atoms with Crippen molar-refractivity contribution >= 4 is 17.9 Å². The van der Waals surface area contributed by atoms with Crippen LogP contribution >= 0.6 is 0 Å². The number of methoxy groups -OCH3 is 2. The Hall–Kier alpha value is -2.83. The summed E-state index contributed by atoms with van der Waals surface area (Å²) in [6.07, 6.45) is 9.61. The quantitative estimate of drug-likeness (QED) is 0.729. The molecule has 0 aliphatic heterocycles. The van der Waals surface area contributed by atoms with Crippen molar-refractivity contribution in [1.29, 1.82) is 0 Å². The first-order chi connectivity index (χ1) is 13.8. The molecule has 0 aromatic carbocycles. The van der Waals surface area contributed by atoms with E-state index < -0.39 is 34.7 Å². The number of fused-ring (bicyclic) bond motifs is 1. The second kappa shape index (κ2) is 7.89. The van der Waals surface area contributed by atoms with Gasteiger partial charge in [0.1, 0.15) is 5.41 Å². The van der Waals surface area contributed by atoms with Crippen LogP contribution in [0.5, 0.6) is 0 Å². The molecule has 0 amide bonds. The van der Waals surface area contributed by atoms with Gasteiger partial charge in [-0.15, -0.1) is 0 Å². The van der Waals surface area contributed by atoms with E-state index in [0.29, 0.717) is 25.7 Å². The van der Waals surface area contributed by atoms with Crippen molar-refractivity contribution in [2.75, 3.05) is 14.2 Å². The molecule has 4 atom stereocenters. The SMILES string of the molecule is COC(=O)C1=CC=CC2C1(C(=O)OC)CCC(C)C2(CCc1ccoc1)C(=O)O. The molecule has 1 fully saturated rings. The molecule has 0 radical (unpaired) electrons. The zero-order valence-corrected chi connectivity index (χ0v) is 16.8. The highest BCUT2D eigenvalue weighted by Gasteiger charge is 2.65. The smallest absolute Gasteiger partial charge is 0.334 e. The van der Waals surface area contributed by atoms with Crippen LogP contribution in [0.15, 0.2) is 46.8 Å². The molecule has 0 bridgehead atoms. The normalized spacial score (nSPS) is 30.8. The van der Waals surface area contributed by atoms with E-state index in [-0.39, 0.29) is 11.5 Å². The van der Waals surface area contributed by atoms with Gasteiger partial charge in [-0.05, 0) is 43.2 Å². The van der Waals surface area contributed by atoms with E-state index in [9.17, 15) is 19.5 Å². The molecule has 3 rings (SSSR count). The van der Waals surface area contributed by atoms with E-state index in [1.807, 2.05) is 6.92 Å². The van der Waals surface area contributed by atoms with Gasteiger partial charge in [0.15, 0.2) is 0 Å². The summed E-state index contributed by atoms with van der Waals surface area (Å²) in [4.78, 5) is 38.4. The summed E-state index contributed by atoms with van der Waals surface area (Å²) in [6, 6.07) is 1.80. The van der Waals surface area contributed by atoms with Gasteiger partial charge in [-0.25, -0.2) is 4.79 Å². The molecule has 29 heavy (non-hydrogen) atoms. The van der Waals surface area contributed by atoms with Crippen molar-refractivity contribution in [1.82, 2.24) is 0 Å². The van der Waals surface area contributed by atoms with E-state index in [1.165, 1.54) is 20.3 Å². The minimum atomic E-state index is -1.39. The Kier molecular flexibility index (Phi) is 5.68. The molecule has 0 saturated heterocycles. The summed E-state index contributed by atoms with van der Waals surface area (Å²) in [5.74, 6) is -3.19. The van der Waals surface area contributed by atoms with Gasteiger partial charge in [-0.3, -0.25) is 9.59 Å². The van der Waals surface area contributed by atoms with Crippen LogP contribution in [0, 0.1) is 22.7 Å². The molecule has 1 aromatic heterocycles. The van der Waals surface area contributed by atoms with Crippen LogP contribution in [0.25, 0.3) is 0 Å². The molecule has 4 unspecified atom stereocenters. The highest BCUT2D eigenvalue weighted by Crippen LogP contribution is 2.61. The second-order valence-corrected chi connectivity index (χ2v) is 7.81. The van der Waals surface area contributed by atoms with E-state index in [2.05, 4.69) is 0 Å². The maximum absolute atomic E-state index is 13.1. The molecule has 7 heteroatoms. The summed E-state index contributed by atoms with van der Waals surface area (Å²) >= 11 is 0. The van der Waals surface area contributed by atoms with E-state index >= 15 is 0 Å². The predicted octanol–water partition coefficient (Wildman–Crippen LogP) is 3.16. The average Bonchev–Trinajstić information content (AvgIpc) is 3.24. The number of aliphatic carboxylic acids is 1. The lowest BCUT2D eigenvalue weighted by Crippen LogP contribution is -2.59. The van der Waals surface area contributed by atoms with Gasteiger partial charge in [0.2, 0.25) is 0 Å². The molecule has 1 saturated carbocycles. The van der Waals surface area contributed by atoms with Gasteiger partial charge in [0, 0.05) is 5.92 Å². The number of carboxylic acids is 1. The number of carbonyl (C=O) groups excluding carboxylic acids is 2. The van der Waals surface area contributed by atoms with Crippen LogP contribution in [0.1, 0.15) is 31.7 Å². The predicted molar refractivity (Wildman–Crippen MR) is 103 cm³/mol. The molecular formula is C22H26O7. The second-order valence-electron chi connectivity index (χ2n) is 7.81. The van der Waals surface area contributed by atoms with Crippen molar-refractivity contribution in [3.8, 4) is 0 Å². The highest BCUT2D eigenvalue weighted by atomic mass is 16.5. The number of hydrogen-bond donors (Lipinski definition) is 1. The first-order valence-corrected chi connectivity index (χ1v) is 9.64. The fourth-order valence-corrected chi connectivity index (χ4v) is 5.17. The molecule has 1 heterocycles. The van der Waals surface area contributed by atoms with Gasteiger partial charge in [-0.2, -0.15) is 0 Å². The summed E-state index contributed by atoms with van der Waals surface area (Å²) in [7, 11) is 2.50. The first kappa shape index (κ1) is 20.9. The minimum absolute atomic E-state index is 0.153. The molecule has 0 spiro atoms. The lowest BCUT2D eigenvalue weighted by Gasteiger charge is -2.54. The number of carbonyl (C=O) groups is 3. The number of furan rings is 1. The molecule has 2 aliphatic carbocycles. The molecular weight excluding hydrogens is 376 g/mol. The number of carboxylic acid groups (broad SMARTS) is 1. The Balaban J connectivity index is 2.15. The number of allylic oxidation sites excluding steroid dienone is 3. The minimum Gasteiger partial charge on any atom is -0.481 e. The first-order valence-electron chi connectivity index (χ1n) is 9.64. The summed E-state index contributed by atoms with van der Waals surface area (Å²) < 4.78 is 15.1. The van der Waals surface area contributed by atoms with Gasteiger partial charge in [0.25, 0.3) is 0 Å². The molecule has 1 aromatic rings. The Morgan fingerprint density at radius 1 is 1.28 bits per heavy atom. The lowest BCUT2D eigenvalue weighted by atomic mass is 9.46. The van der Waals surface area contributed by atoms with E-state index in [0.717, 1.165) is 5.56 Å². The van der Waals surface area contributed by atoms with Crippen LogP contribution in [0.4, 0.5) is 0 Å². The Bertz CT molecular complexity index is 851. The largest absolute Gasteiger partial charge is 0.481 e. The van der Waals surface area contributed by atoms with Gasteiger partial charge < -0.3 is 19.0 Å². The standard InChI is InChI=1S/C22H26O7/c1-14-7-10-22(20(26)28-3)16(18(23)27-2)5-4-6-17(22)21(14,19(24)25)11-8-15-9-12-29-13-15/h4-6,9,12-14,17H,7-8,10-11H2,1-3H3,(H,24,25). The number of rotatable bonds is 6. The molecule has 7 nitrogen and oxygen atoms in total. The Morgan fingerprint density at radius 2 is 2.03 bits per heavy atom. The third-order valence-corrected chi connectivity index (χ3v) is 6.74. The monoisotopic (exact) mass is 402 g/mol. The maximum atomic E-state index is 13.1. The van der Waals surface area contributed by atoms with Gasteiger partial charge in [0.05, 0.1) is 37.7 Å². The molecule has 2 aliphatic rings. The summed E-state index contributed by atoms with van der Waals surface area (Å²) in [6.45, 7) is 1.90. The lowest BCUT2D eigenvalue weighted by molar-refractivity contribution is -0.177. The number of ether oxygens (including phenoxy) is 2. The van der Waals surface area contributed by atoms with Crippen molar-refractivity contribution in [2.24, 2.45) is 22.7 Å². The Labute approximate surface area is 169 Å².